The number of nitrogens with one attached hydrogen (secondary N) is 1. The van der Waals surface area contributed by atoms with Crippen molar-refractivity contribution in [3.8, 4) is 17.1 Å². The number of ether oxygens (including phenoxy) is 1. The zero-order chi connectivity index (χ0) is 23.5. The summed E-state index contributed by atoms with van der Waals surface area (Å²) in [5.41, 5.74) is 1.68. The van der Waals surface area contributed by atoms with Gasteiger partial charge < -0.3 is 9.84 Å². The summed E-state index contributed by atoms with van der Waals surface area (Å²) >= 11 is 6.90. The Labute approximate surface area is 198 Å². The smallest absolute Gasteiger partial charge is 0.342 e. The Kier molecular flexibility index (Phi) is 6.47. The van der Waals surface area contributed by atoms with E-state index >= 15 is 0 Å². The molecule has 33 heavy (non-hydrogen) atoms. The zero-order valence-corrected chi connectivity index (χ0v) is 19.1. The number of para-hydroxylation sites is 1. The number of carboxylic acid groups (broad SMARTS) is 1. The Bertz CT molecular complexity index is 1270. The third kappa shape index (κ3) is 4.76. The molecule has 0 bridgehead atoms. The summed E-state index contributed by atoms with van der Waals surface area (Å²) < 4.78 is 5.33. The minimum absolute atomic E-state index is 0.0959. The number of aromatic amines is 1. The van der Waals surface area contributed by atoms with Gasteiger partial charge in [0.1, 0.15) is 5.75 Å². The summed E-state index contributed by atoms with van der Waals surface area (Å²) in [4.78, 5) is 29.1. The van der Waals surface area contributed by atoms with Crippen LogP contribution in [0.3, 0.4) is 0 Å². The number of benzene rings is 2. The SMILES string of the molecule is COc1ccc(Cl)cc1-c1nc(S/C(=C/[C@H]2C(=O)N(c3ccccc3)N=C2C)C(=O)O)n[nH]1. The normalized spacial score (nSPS) is 16.2. The second kappa shape index (κ2) is 9.47. The molecule has 0 fully saturated rings. The van der Waals surface area contributed by atoms with Gasteiger partial charge in [0.05, 0.1) is 34.9 Å². The van der Waals surface area contributed by atoms with Gasteiger partial charge in [0, 0.05) is 5.02 Å². The molecule has 11 heteroatoms. The van der Waals surface area contributed by atoms with Gasteiger partial charge in [-0.15, -0.1) is 5.10 Å². The lowest BCUT2D eigenvalue weighted by atomic mass is 10.0. The largest absolute Gasteiger partial charge is 0.496 e. The number of carbonyl (C=O) groups is 2. The molecule has 3 aromatic rings. The molecule has 1 aliphatic rings. The molecule has 0 radical (unpaired) electrons. The van der Waals surface area contributed by atoms with Crippen molar-refractivity contribution >= 4 is 46.6 Å². The van der Waals surface area contributed by atoms with Gasteiger partial charge in [-0.2, -0.15) is 10.1 Å². The van der Waals surface area contributed by atoms with E-state index in [0.717, 1.165) is 11.8 Å². The number of carboxylic acids is 1. The Morgan fingerprint density at radius 2 is 2.03 bits per heavy atom. The molecule has 2 aromatic carbocycles. The van der Waals surface area contributed by atoms with Crippen molar-refractivity contribution < 1.29 is 19.4 Å². The number of carbonyl (C=O) groups excluding carboxylic acids is 1. The Morgan fingerprint density at radius 3 is 2.73 bits per heavy atom. The van der Waals surface area contributed by atoms with Gasteiger partial charge in [0.25, 0.3) is 5.91 Å². The van der Waals surface area contributed by atoms with E-state index in [2.05, 4.69) is 20.3 Å². The first kappa shape index (κ1) is 22.6. The number of nitrogens with zero attached hydrogens (tertiary/aromatic N) is 4. The van der Waals surface area contributed by atoms with Crippen LogP contribution in [0.2, 0.25) is 5.02 Å². The van der Waals surface area contributed by atoms with Crippen LogP contribution in [0, 0.1) is 5.92 Å². The molecule has 1 aliphatic heterocycles. The number of thioether (sulfide) groups is 1. The average Bonchev–Trinajstić information content (AvgIpc) is 3.38. The predicted octanol–water partition coefficient (Wildman–Crippen LogP) is 4.23. The molecule has 0 saturated heterocycles. The molecule has 9 nitrogen and oxygen atoms in total. The van der Waals surface area contributed by atoms with Crippen LogP contribution in [0.1, 0.15) is 6.92 Å². The quantitative estimate of drug-likeness (QED) is 0.381. The van der Waals surface area contributed by atoms with Gasteiger partial charge in [0.2, 0.25) is 5.16 Å². The van der Waals surface area contributed by atoms with Crippen molar-refractivity contribution in [2.24, 2.45) is 11.0 Å². The van der Waals surface area contributed by atoms with Crippen molar-refractivity contribution in [2.75, 3.05) is 12.1 Å². The fraction of sp³-hybridized carbons (Fsp3) is 0.136. The van der Waals surface area contributed by atoms with Crippen LogP contribution in [0.25, 0.3) is 11.4 Å². The standard InChI is InChI=1S/C22H18ClN5O4S/c1-12-15(20(29)28(27-12)14-6-4-3-5-7-14)11-18(21(30)31)33-22-24-19(25-26-22)16-10-13(23)8-9-17(16)32-2/h3-11,15H,1-2H3,(H,30,31)(H,24,25,26)/b18-11+/t15-/m1/s1. The topological polar surface area (TPSA) is 121 Å². The minimum atomic E-state index is -1.20. The van der Waals surface area contributed by atoms with Crippen LogP contribution in [0.15, 0.2) is 69.8 Å². The van der Waals surface area contributed by atoms with E-state index in [9.17, 15) is 14.7 Å². The number of halogens is 1. The molecule has 4 rings (SSSR count). The summed E-state index contributed by atoms with van der Waals surface area (Å²) in [6.07, 6.45) is 1.37. The summed E-state index contributed by atoms with van der Waals surface area (Å²) in [5.74, 6) is -1.45. The number of aromatic nitrogens is 3. The number of methoxy groups -OCH3 is 1. The van der Waals surface area contributed by atoms with Gasteiger partial charge in [-0.1, -0.05) is 29.8 Å². The maximum Gasteiger partial charge on any atom is 0.342 e. The van der Waals surface area contributed by atoms with Crippen molar-refractivity contribution in [2.45, 2.75) is 12.1 Å². The zero-order valence-electron chi connectivity index (χ0n) is 17.5. The van der Waals surface area contributed by atoms with Gasteiger partial charge in [-0.05, 0) is 55.1 Å². The van der Waals surface area contributed by atoms with E-state index in [-0.39, 0.29) is 16.0 Å². The van der Waals surface area contributed by atoms with Gasteiger partial charge >= 0.3 is 5.97 Å². The predicted molar refractivity (Wildman–Crippen MR) is 125 cm³/mol. The van der Waals surface area contributed by atoms with E-state index in [0.29, 0.717) is 33.6 Å². The van der Waals surface area contributed by atoms with Crippen molar-refractivity contribution in [1.29, 1.82) is 0 Å². The highest BCUT2D eigenvalue weighted by atomic mass is 35.5. The van der Waals surface area contributed by atoms with Crippen LogP contribution in [-0.2, 0) is 9.59 Å². The van der Waals surface area contributed by atoms with E-state index in [1.807, 2.05) is 6.07 Å². The summed E-state index contributed by atoms with van der Waals surface area (Å²) in [6, 6.07) is 14.0. The van der Waals surface area contributed by atoms with Gasteiger partial charge in [-0.3, -0.25) is 9.89 Å². The summed E-state index contributed by atoms with van der Waals surface area (Å²) in [5, 5.41) is 22.8. The van der Waals surface area contributed by atoms with Crippen molar-refractivity contribution in [3.05, 3.63) is 64.5 Å². The number of hydrazone groups is 1. The van der Waals surface area contributed by atoms with Crippen LogP contribution in [0.4, 0.5) is 5.69 Å². The monoisotopic (exact) mass is 483 g/mol. The molecule has 168 valence electrons. The Hall–Kier alpha value is -3.63. The van der Waals surface area contributed by atoms with E-state index in [1.54, 1.807) is 49.4 Å². The number of aliphatic carboxylic acids is 1. The van der Waals surface area contributed by atoms with Crippen LogP contribution >= 0.6 is 23.4 Å². The van der Waals surface area contributed by atoms with Crippen LogP contribution in [-0.4, -0.2) is 45.0 Å². The van der Waals surface area contributed by atoms with Crippen LogP contribution < -0.4 is 9.75 Å². The number of rotatable bonds is 7. The summed E-state index contributed by atoms with van der Waals surface area (Å²) in [7, 11) is 1.52. The van der Waals surface area contributed by atoms with Gasteiger partial charge in [0.15, 0.2) is 5.82 Å². The molecule has 1 amide bonds. The first-order valence-electron chi connectivity index (χ1n) is 9.70. The van der Waals surface area contributed by atoms with Crippen molar-refractivity contribution in [3.63, 3.8) is 0 Å². The number of hydrogen-bond acceptors (Lipinski definition) is 7. The highest BCUT2D eigenvalue weighted by Gasteiger charge is 2.34. The number of amides is 1. The third-order valence-corrected chi connectivity index (χ3v) is 5.93. The Morgan fingerprint density at radius 1 is 1.27 bits per heavy atom. The number of H-pyrrole nitrogens is 1. The van der Waals surface area contributed by atoms with E-state index in [4.69, 9.17) is 16.3 Å². The third-order valence-electron chi connectivity index (χ3n) is 4.80. The fourth-order valence-electron chi connectivity index (χ4n) is 3.20. The lowest BCUT2D eigenvalue weighted by Crippen LogP contribution is -2.26. The molecule has 1 atom stereocenters. The first-order chi connectivity index (χ1) is 15.9. The number of anilines is 1. The fourth-order valence-corrected chi connectivity index (χ4v) is 4.09. The number of hydrogen-bond donors (Lipinski definition) is 2. The minimum Gasteiger partial charge on any atom is -0.496 e. The Balaban J connectivity index is 1.59. The molecular formula is C22H18ClN5O4S. The second-order valence-electron chi connectivity index (χ2n) is 6.95. The molecule has 2 heterocycles. The molecule has 1 aromatic heterocycles. The molecular weight excluding hydrogens is 466 g/mol. The molecule has 0 aliphatic carbocycles. The maximum atomic E-state index is 12.9. The molecule has 0 spiro atoms. The molecule has 0 saturated carbocycles. The maximum absolute atomic E-state index is 12.9. The van der Waals surface area contributed by atoms with Crippen molar-refractivity contribution in [1.82, 2.24) is 15.2 Å². The van der Waals surface area contributed by atoms with Crippen LogP contribution in [0.5, 0.6) is 5.75 Å². The van der Waals surface area contributed by atoms with Gasteiger partial charge in [-0.25, -0.2) is 9.78 Å². The lowest BCUT2D eigenvalue weighted by Gasteiger charge is -2.12. The highest BCUT2D eigenvalue weighted by molar-refractivity contribution is 8.03. The average molecular weight is 484 g/mol. The summed E-state index contributed by atoms with van der Waals surface area (Å²) in [6.45, 7) is 1.68. The lowest BCUT2D eigenvalue weighted by molar-refractivity contribution is -0.131. The first-order valence-corrected chi connectivity index (χ1v) is 10.9. The van der Waals surface area contributed by atoms with E-state index in [1.165, 1.54) is 18.2 Å². The van der Waals surface area contributed by atoms with E-state index < -0.39 is 11.9 Å². The second-order valence-corrected chi connectivity index (χ2v) is 8.40. The molecule has 2 N–H and O–H groups in total. The molecule has 0 unspecified atom stereocenters. The highest BCUT2D eigenvalue weighted by Crippen LogP contribution is 2.33.